The van der Waals surface area contributed by atoms with E-state index in [1.165, 1.54) is 32.0 Å². The molecule has 1 amide bonds. The average Bonchev–Trinajstić information content (AvgIpc) is 2.53. The molecule has 0 saturated carbocycles. The Balaban J connectivity index is 2.25. The van der Waals surface area contributed by atoms with Crippen molar-refractivity contribution in [2.45, 2.75) is 44.5 Å². The van der Waals surface area contributed by atoms with Crippen LogP contribution in [0, 0.1) is 0 Å². The van der Waals surface area contributed by atoms with Crippen molar-refractivity contribution in [2.24, 2.45) is 0 Å². The van der Waals surface area contributed by atoms with Gasteiger partial charge in [0.15, 0.2) is 5.78 Å². The Kier molecular flexibility index (Phi) is 5.96. The zero-order valence-electron chi connectivity index (χ0n) is 13.7. The minimum atomic E-state index is -1.44. The van der Waals surface area contributed by atoms with Gasteiger partial charge < -0.3 is 35.2 Å². The van der Waals surface area contributed by atoms with Gasteiger partial charge in [0.1, 0.15) is 35.9 Å². The van der Waals surface area contributed by atoms with E-state index in [-0.39, 0.29) is 22.8 Å². The molecule has 0 aromatic heterocycles. The highest BCUT2D eigenvalue weighted by atomic mass is 16.7. The van der Waals surface area contributed by atoms with Crippen molar-refractivity contribution in [2.75, 3.05) is 6.61 Å². The summed E-state index contributed by atoms with van der Waals surface area (Å²) >= 11 is 0. The van der Waals surface area contributed by atoms with Gasteiger partial charge in [-0.05, 0) is 19.1 Å². The van der Waals surface area contributed by atoms with Gasteiger partial charge in [-0.2, -0.15) is 0 Å². The molecular formula is C16H21NO8. The van der Waals surface area contributed by atoms with Crippen molar-refractivity contribution in [1.82, 2.24) is 5.32 Å². The largest absolute Gasteiger partial charge is 0.507 e. The first-order chi connectivity index (χ1) is 11.7. The van der Waals surface area contributed by atoms with Crippen LogP contribution in [0.3, 0.4) is 0 Å². The SMILES string of the molecule is CC(=O)N[C@H]1[C@H](Oc2ccc(C(C)=O)c(O)c2)O[C@H](CO)[C@@H](O)[C@@H]1O. The number of benzene rings is 1. The summed E-state index contributed by atoms with van der Waals surface area (Å²) in [7, 11) is 0. The van der Waals surface area contributed by atoms with E-state index >= 15 is 0 Å². The molecule has 2 rings (SSSR count). The van der Waals surface area contributed by atoms with Crippen LogP contribution < -0.4 is 10.1 Å². The summed E-state index contributed by atoms with van der Waals surface area (Å²) in [5, 5.41) is 41.6. The first kappa shape index (κ1) is 19.1. The second kappa shape index (κ2) is 7.79. The third-order valence-corrected chi connectivity index (χ3v) is 3.85. The Hall–Kier alpha value is -2.20. The van der Waals surface area contributed by atoms with E-state index in [0.29, 0.717) is 0 Å². The highest BCUT2D eigenvalue weighted by Gasteiger charge is 2.46. The van der Waals surface area contributed by atoms with Crippen molar-refractivity contribution in [3.63, 3.8) is 0 Å². The van der Waals surface area contributed by atoms with Gasteiger partial charge in [-0.15, -0.1) is 0 Å². The van der Waals surface area contributed by atoms with Crippen molar-refractivity contribution in [3.8, 4) is 11.5 Å². The van der Waals surface area contributed by atoms with Crippen LogP contribution in [0.1, 0.15) is 24.2 Å². The standard InChI is InChI=1S/C16H21NO8/c1-7(19)10-4-3-9(5-11(10)21)24-16-13(17-8(2)20)15(23)14(22)12(6-18)25-16/h3-5,12-16,18,21-23H,6H2,1-2H3,(H,17,20)/t12-,13-,14-,15-,16-/m1/s1. The van der Waals surface area contributed by atoms with Crippen LogP contribution in [0.5, 0.6) is 11.5 Å². The van der Waals surface area contributed by atoms with E-state index in [9.17, 15) is 30.0 Å². The number of aliphatic hydroxyl groups is 3. The number of aromatic hydroxyl groups is 1. The lowest BCUT2D eigenvalue weighted by Gasteiger charge is -2.42. The normalized spacial score (nSPS) is 29.1. The molecule has 1 aliphatic rings. The molecule has 1 saturated heterocycles. The van der Waals surface area contributed by atoms with E-state index in [1.54, 1.807) is 0 Å². The number of aliphatic hydroxyl groups excluding tert-OH is 3. The fraction of sp³-hybridized carbons (Fsp3) is 0.500. The van der Waals surface area contributed by atoms with E-state index < -0.39 is 43.2 Å². The van der Waals surface area contributed by atoms with Crippen molar-refractivity contribution >= 4 is 11.7 Å². The second-order valence-electron chi connectivity index (χ2n) is 5.79. The molecule has 5 atom stereocenters. The summed E-state index contributed by atoms with van der Waals surface area (Å²) in [4.78, 5) is 22.7. The third kappa shape index (κ3) is 4.26. The first-order valence-electron chi connectivity index (χ1n) is 7.64. The number of hydrogen-bond acceptors (Lipinski definition) is 8. The molecule has 5 N–H and O–H groups in total. The highest BCUT2D eigenvalue weighted by Crippen LogP contribution is 2.28. The predicted octanol–water partition coefficient (Wildman–Crippen LogP) is -1.08. The van der Waals surface area contributed by atoms with Crippen LogP contribution in [0.4, 0.5) is 0 Å². The summed E-state index contributed by atoms with van der Waals surface area (Å²) in [6.07, 6.45) is -5.21. The van der Waals surface area contributed by atoms with E-state index in [4.69, 9.17) is 9.47 Å². The molecule has 0 spiro atoms. The Bertz CT molecular complexity index is 649. The molecule has 138 valence electrons. The van der Waals surface area contributed by atoms with E-state index in [1.807, 2.05) is 0 Å². The molecule has 1 aliphatic heterocycles. The van der Waals surface area contributed by atoms with Gasteiger partial charge in [0.2, 0.25) is 12.2 Å². The number of phenolic OH excluding ortho intramolecular Hbond substituents is 1. The molecule has 0 unspecified atom stereocenters. The highest BCUT2D eigenvalue weighted by molar-refractivity contribution is 5.96. The van der Waals surface area contributed by atoms with Crippen molar-refractivity contribution < 1.29 is 39.5 Å². The average molecular weight is 355 g/mol. The molecular weight excluding hydrogens is 334 g/mol. The fourth-order valence-corrected chi connectivity index (χ4v) is 2.59. The smallest absolute Gasteiger partial charge is 0.223 e. The zero-order valence-corrected chi connectivity index (χ0v) is 13.7. The quantitative estimate of drug-likeness (QED) is 0.419. The predicted molar refractivity (Wildman–Crippen MR) is 84.1 cm³/mol. The molecule has 1 fully saturated rings. The third-order valence-electron chi connectivity index (χ3n) is 3.85. The summed E-state index contributed by atoms with van der Waals surface area (Å²) in [5.74, 6) is -0.988. The molecule has 1 aromatic rings. The van der Waals surface area contributed by atoms with Crippen LogP contribution in [-0.2, 0) is 9.53 Å². The van der Waals surface area contributed by atoms with E-state index in [0.717, 1.165) is 0 Å². The maximum Gasteiger partial charge on any atom is 0.223 e. The number of amides is 1. The number of phenols is 1. The van der Waals surface area contributed by atoms with Crippen LogP contribution in [-0.4, -0.2) is 69.4 Å². The number of ketones is 1. The lowest BCUT2D eigenvalue weighted by atomic mass is 9.97. The van der Waals surface area contributed by atoms with Gasteiger partial charge in [-0.1, -0.05) is 0 Å². The number of carbonyl (C=O) groups excluding carboxylic acids is 2. The zero-order chi connectivity index (χ0) is 18.7. The number of rotatable bonds is 5. The molecule has 9 nitrogen and oxygen atoms in total. The topological polar surface area (TPSA) is 146 Å². The fourth-order valence-electron chi connectivity index (χ4n) is 2.59. The molecule has 0 aliphatic carbocycles. The summed E-state index contributed by atoms with van der Waals surface area (Å²) in [6, 6.07) is 2.86. The summed E-state index contributed by atoms with van der Waals surface area (Å²) < 4.78 is 11.0. The second-order valence-corrected chi connectivity index (χ2v) is 5.79. The number of hydrogen-bond donors (Lipinski definition) is 5. The number of carbonyl (C=O) groups is 2. The molecule has 1 aromatic carbocycles. The summed E-state index contributed by atoms with van der Waals surface area (Å²) in [6.45, 7) is 1.96. The minimum Gasteiger partial charge on any atom is -0.507 e. The Morgan fingerprint density at radius 2 is 1.92 bits per heavy atom. The van der Waals surface area contributed by atoms with Crippen LogP contribution in [0.25, 0.3) is 0 Å². The molecule has 0 radical (unpaired) electrons. The first-order valence-corrected chi connectivity index (χ1v) is 7.64. The molecule has 9 heteroatoms. The molecule has 1 heterocycles. The van der Waals surface area contributed by atoms with Gasteiger partial charge in [0.05, 0.1) is 12.2 Å². The Morgan fingerprint density at radius 3 is 2.44 bits per heavy atom. The van der Waals surface area contributed by atoms with Gasteiger partial charge in [-0.25, -0.2) is 0 Å². The number of nitrogens with one attached hydrogen (secondary N) is 1. The van der Waals surface area contributed by atoms with Crippen molar-refractivity contribution in [1.29, 1.82) is 0 Å². The minimum absolute atomic E-state index is 0.110. The Morgan fingerprint density at radius 1 is 1.24 bits per heavy atom. The maximum absolute atomic E-state index is 11.3. The van der Waals surface area contributed by atoms with Crippen LogP contribution >= 0.6 is 0 Å². The van der Waals surface area contributed by atoms with Gasteiger partial charge >= 0.3 is 0 Å². The van der Waals surface area contributed by atoms with Crippen molar-refractivity contribution in [3.05, 3.63) is 23.8 Å². The van der Waals surface area contributed by atoms with Gasteiger partial charge in [-0.3, -0.25) is 9.59 Å². The number of ether oxygens (including phenoxy) is 2. The maximum atomic E-state index is 11.3. The van der Waals surface area contributed by atoms with E-state index in [2.05, 4.69) is 5.32 Å². The van der Waals surface area contributed by atoms with Gasteiger partial charge in [0.25, 0.3) is 0 Å². The lowest BCUT2D eigenvalue weighted by molar-refractivity contribution is -0.244. The van der Waals surface area contributed by atoms with Gasteiger partial charge in [0, 0.05) is 13.0 Å². The molecule has 0 bridgehead atoms. The lowest BCUT2D eigenvalue weighted by Crippen LogP contribution is -2.65. The van der Waals surface area contributed by atoms with Crippen LogP contribution in [0.2, 0.25) is 0 Å². The Labute approximate surface area is 143 Å². The molecule has 25 heavy (non-hydrogen) atoms. The monoisotopic (exact) mass is 355 g/mol. The number of Topliss-reactive ketones (excluding diaryl/α,β-unsaturated/α-hetero) is 1. The van der Waals surface area contributed by atoms with Crippen LogP contribution in [0.15, 0.2) is 18.2 Å². The summed E-state index contributed by atoms with van der Waals surface area (Å²) in [5.41, 5.74) is 0.110.